The highest BCUT2D eigenvalue weighted by molar-refractivity contribution is 6.32. The lowest BCUT2D eigenvalue weighted by atomic mass is 9.97. The molecule has 2 aromatic rings. The zero-order valence-electron chi connectivity index (χ0n) is 15.6. The molecule has 0 spiro atoms. The number of nitro benzene ring substituents is 1. The number of nitriles is 1. The maximum absolute atomic E-state index is 12.8. The van der Waals surface area contributed by atoms with Gasteiger partial charge >= 0.3 is 12.1 Å². The minimum absolute atomic E-state index is 0.123. The van der Waals surface area contributed by atoms with E-state index in [9.17, 15) is 32.9 Å². The van der Waals surface area contributed by atoms with Crippen LogP contribution in [0.3, 0.4) is 0 Å². The molecule has 162 valence electrons. The number of ketones is 1. The van der Waals surface area contributed by atoms with Crippen molar-refractivity contribution >= 4 is 29.0 Å². The summed E-state index contributed by atoms with van der Waals surface area (Å²) in [6.45, 7) is 1.32. The number of halogens is 4. The van der Waals surface area contributed by atoms with E-state index in [2.05, 4.69) is 4.74 Å². The lowest BCUT2D eigenvalue weighted by Crippen LogP contribution is -2.25. The lowest BCUT2D eigenvalue weighted by Gasteiger charge is -2.12. The van der Waals surface area contributed by atoms with Gasteiger partial charge in [0.05, 0.1) is 28.2 Å². The van der Waals surface area contributed by atoms with Gasteiger partial charge in [0.15, 0.2) is 5.78 Å². The van der Waals surface area contributed by atoms with Crippen LogP contribution >= 0.6 is 11.6 Å². The predicted molar refractivity (Wildman–Crippen MR) is 99.7 cm³/mol. The molecule has 0 radical (unpaired) electrons. The Labute approximate surface area is 177 Å². The first-order chi connectivity index (χ1) is 14.5. The number of alkyl halides is 3. The fourth-order valence-electron chi connectivity index (χ4n) is 2.42. The molecule has 0 heterocycles. The number of hydrogen-bond donors (Lipinski definition) is 0. The second-order valence-corrected chi connectivity index (χ2v) is 6.27. The Bertz CT molecular complexity index is 1080. The van der Waals surface area contributed by atoms with E-state index in [1.807, 2.05) is 0 Å². The molecular weight excluding hydrogens is 445 g/mol. The molecule has 0 amide bonds. The van der Waals surface area contributed by atoms with Crippen LogP contribution in [0, 0.1) is 27.4 Å². The Balaban J connectivity index is 2.44. The summed E-state index contributed by atoms with van der Waals surface area (Å²) in [6.07, 6.45) is -4.63. The Kier molecular flexibility index (Phi) is 7.20. The van der Waals surface area contributed by atoms with Crippen LogP contribution in [0.15, 0.2) is 36.4 Å². The van der Waals surface area contributed by atoms with Gasteiger partial charge in [-0.05, 0) is 37.3 Å². The fraction of sp³-hybridized carbons (Fsp3) is 0.211. The maximum atomic E-state index is 12.8. The minimum Gasteiger partial charge on any atom is -0.465 e. The van der Waals surface area contributed by atoms with Gasteiger partial charge in [-0.2, -0.15) is 18.4 Å². The van der Waals surface area contributed by atoms with E-state index in [1.54, 1.807) is 0 Å². The average molecular weight is 457 g/mol. The monoisotopic (exact) mass is 456 g/mol. The predicted octanol–water partition coefficient (Wildman–Crippen LogP) is 4.94. The molecule has 0 saturated heterocycles. The number of ether oxygens (including phenoxy) is 2. The number of benzene rings is 2. The summed E-state index contributed by atoms with van der Waals surface area (Å²) in [4.78, 5) is 34.8. The minimum atomic E-state index is -4.63. The molecule has 1 unspecified atom stereocenters. The van der Waals surface area contributed by atoms with Gasteiger partial charge in [-0.1, -0.05) is 11.6 Å². The molecule has 8 nitrogen and oxygen atoms in total. The maximum Gasteiger partial charge on any atom is 0.416 e. The standard InChI is InChI=1S/C19H12ClF3N2O6/c1-2-30-18(27)13(9-24)17(26)12-8-11(4-5-15(12)25(28)29)31-16-6-3-10(7-14(16)20)19(21,22)23/h3-8,13H,2H2,1H3. The number of nitrogens with zero attached hydrogens (tertiary/aromatic N) is 2. The first kappa shape index (κ1) is 23.6. The summed E-state index contributed by atoms with van der Waals surface area (Å²) in [7, 11) is 0. The summed E-state index contributed by atoms with van der Waals surface area (Å²) in [5.74, 6) is -4.75. The van der Waals surface area contributed by atoms with Gasteiger partial charge in [0.2, 0.25) is 5.92 Å². The zero-order chi connectivity index (χ0) is 23.3. The number of hydrogen-bond acceptors (Lipinski definition) is 7. The molecule has 0 fully saturated rings. The van der Waals surface area contributed by atoms with Gasteiger partial charge in [-0.3, -0.25) is 19.7 Å². The van der Waals surface area contributed by atoms with Crippen molar-refractivity contribution in [2.75, 3.05) is 6.61 Å². The molecule has 1 atom stereocenters. The molecule has 12 heteroatoms. The number of rotatable bonds is 7. The highest BCUT2D eigenvalue weighted by Gasteiger charge is 2.34. The van der Waals surface area contributed by atoms with Gasteiger partial charge in [0.1, 0.15) is 17.1 Å². The second kappa shape index (κ2) is 9.44. The molecule has 0 aliphatic rings. The summed E-state index contributed by atoms with van der Waals surface area (Å²) in [5.41, 5.74) is -2.35. The highest BCUT2D eigenvalue weighted by atomic mass is 35.5. The van der Waals surface area contributed by atoms with Crippen LogP contribution in [0.25, 0.3) is 0 Å². The largest absolute Gasteiger partial charge is 0.465 e. The van der Waals surface area contributed by atoms with Crippen molar-refractivity contribution in [1.82, 2.24) is 0 Å². The van der Waals surface area contributed by atoms with E-state index in [0.29, 0.717) is 12.1 Å². The van der Waals surface area contributed by atoms with Crippen LogP contribution in [0.5, 0.6) is 11.5 Å². The average Bonchev–Trinajstić information content (AvgIpc) is 2.69. The topological polar surface area (TPSA) is 120 Å². The van der Waals surface area contributed by atoms with Gasteiger partial charge in [0, 0.05) is 6.07 Å². The molecule has 31 heavy (non-hydrogen) atoms. The van der Waals surface area contributed by atoms with Crippen LogP contribution in [0.2, 0.25) is 5.02 Å². The van der Waals surface area contributed by atoms with Crippen molar-refractivity contribution in [3.8, 4) is 17.6 Å². The van der Waals surface area contributed by atoms with E-state index < -0.39 is 50.6 Å². The van der Waals surface area contributed by atoms with Crippen LogP contribution < -0.4 is 4.74 Å². The summed E-state index contributed by atoms with van der Waals surface area (Å²) >= 11 is 5.81. The van der Waals surface area contributed by atoms with Gasteiger partial charge in [-0.15, -0.1) is 0 Å². The Hall–Kier alpha value is -3.65. The second-order valence-electron chi connectivity index (χ2n) is 5.86. The van der Waals surface area contributed by atoms with Crippen molar-refractivity contribution in [3.63, 3.8) is 0 Å². The number of esters is 1. The van der Waals surface area contributed by atoms with E-state index >= 15 is 0 Å². The first-order valence-corrected chi connectivity index (χ1v) is 8.80. The highest BCUT2D eigenvalue weighted by Crippen LogP contribution is 2.37. The van der Waals surface area contributed by atoms with Gasteiger partial charge < -0.3 is 9.47 Å². The number of nitro groups is 1. The summed E-state index contributed by atoms with van der Waals surface area (Å²) in [5, 5.41) is 20.0. The molecule has 2 aromatic carbocycles. The van der Waals surface area contributed by atoms with Crippen molar-refractivity contribution in [1.29, 1.82) is 5.26 Å². The molecule has 2 rings (SSSR count). The van der Waals surface area contributed by atoms with Gasteiger partial charge in [-0.25, -0.2) is 0 Å². The number of Topliss-reactive ketones (excluding diaryl/α,β-unsaturated/α-hetero) is 1. The number of carbonyl (C=O) groups is 2. The third kappa shape index (κ3) is 5.49. The van der Waals surface area contributed by atoms with E-state index in [0.717, 1.165) is 24.3 Å². The zero-order valence-corrected chi connectivity index (χ0v) is 16.4. The molecule has 0 N–H and O–H groups in total. The Morgan fingerprint density at radius 2 is 1.94 bits per heavy atom. The summed E-state index contributed by atoms with van der Waals surface area (Å²) < 4.78 is 48.2. The van der Waals surface area contributed by atoms with E-state index in [1.165, 1.54) is 13.0 Å². The fourth-order valence-corrected chi connectivity index (χ4v) is 2.64. The molecule has 0 aliphatic heterocycles. The van der Waals surface area contributed by atoms with E-state index in [-0.39, 0.29) is 18.1 Å². The van der Waals surface area contributed by atoms with Crippen molar-refractivity contribution < 1.29 is 37.2 Å². The van der Waals surface area contributed by atoms with Crippen LogP contribution in [-0.4, -0.2) is 23.3 Å². The molecular formula is C19H12ClF3N2O6. The third-order valence-electron chi connectivity index (χ3n) is 3.83. The van der Waals surface area contributed by atoms with Crippen molar-refractivity contribution in [3.05, 3.63) is 62.7 Å². The summed E-state index contributed by atoms with van der Waals surface area (Å²) in [6, 6.07) is 6.56. The van der Waals surface area contributed by atoms with Gasteiger partial charge in [0.25, 0.3) is 5.69 Å². The lowest BCUT2D eigenvalue weighted by molar-refractivity contribution is -0.385. The smallest absolute Gasteiger partial charge is 0.416 e. The SMILES string of the molecule is CCOC(=O)C(C#N)C(=O)c1cc(Oc2ccc(C(F)(F)F)cc2Cl)ccc1[N+](=O)[O-]. The van der Waals surface area contributed by atoms with Crippen molar-refractivity contribution in [2.24, 2.45) is 5.92 Å². The van der Waals surface area contributed by atoms with Crippen molar-refractivity contribution in [2.45, 2.75) is 13.1 Å². The Morgan fingerprint density at radius 1 is 1.26 bits per heavy atom. The first-order valence-electron chi connectivity index (χ1n) is 8.43. The number of carbonyl (C=O) groups excluding carboxylic acids is 2. The molecule has 0 bridgehead atoms. The molecule has 0 aromatic heterocycles. The Morgan fingerprint density at radius 3 is 2.45 bits per heavy atom. The normalized spacial score (nSPS) is 11.9. The van der Waals surface area contributed by atoms with Crippen LogP contribution in [-0.2, 0) is 15.7 Å². The van der Waals surface area contributed by atoms with E-state index in [4.69, 9.17) is 21.6 Å². The quantitative estimate of drug-likeness (QED) is 0.190. The third-order valence-corrected chi connectivity index (χ3v) is 4.13. The van der Waals surface area contributed by atoms with Crippen LogP contribution in [0.4, 0.5) is 18.9 Å². The van der Waals surface area contributed by atoms with Crippen LogP contribution in [0.1, 0.15) is 22.8 Å². The molecule has 0 saturated carbocycles. The molecule has 0 aliphatic carbocycles.